The number of rotatable bonds is 1. The van der Waals surface area contributed by atoms with Gasteiger partial charge in [0, 0.05) is 12.6 Å². The molecule has 0 saturated carbocycles. The summed E-state index contributed by atoms with van der Waals surface area (Å²) >= 11 is 0. The molecule has 0 spiro atoms. The zero-order chi connectivity index (χ0) is 17.3. The van der Waals surface area contributed by atoms with Crippen LogP contribution in [0.15, 0.2) is 33.9 Å². The second-order valence-corrected chi connectivity index (χ2v) is 4.98. The fourth-order valence-corrected chi connectivity index (χ4v) is 2.24. The Morgan fingerprint density at radius 2 is 2.12 bits per heavy atom. The van der Waals surface area contributed by atoms with E-state index >= 15 is 0 Å². The van der Waals surface area contributed by atoms with Crippen molar-refractivity contribution in [2.45, 2.75) is 6.54 Å². The van der Waals surface area contributed by atoms with Crippen LogP contribution < -0.4 is 11.2 Å². The van der Waals surface area contributed by atoms with Crippen molar-refractivity contribution in [3.05, 3.63) is 62.3 Å². The van der Waals surface area contributed by atoms with E-state index < -0.39 is 17.1 Å². The number of H-pyrrole nitrogens is 1. The van der Waals surface area contributed by atoms with E-state index in [1.54, 1.807) is 12.1 Å². The van der Waals surface area contributed by atoms with Gasteiger partial charge in [0.1, 0.15) is 5.82 Å². The fourth-order valence-electron chi connectivity index (χ4n) is 2.24. The van der Waals surface area contributed by atoms with E-state index in [2.05, 4.69) is 27.7 Å². The molecule has 0 radical (unpaired) electrons. The zero-order valence-corrected chi connectivity index (χ0v) is 12.6. The molecule has 0 aliphatic carbocycles. The molecule has 2 aromatic heterocycles. The van der Waals surface area contributed by atoms with Crippen molar-refractivity contribution in [1.82, 2.24) is 19.1 Å². The molecule has 7 heteroatoms. The zero-order valence-electron chi connectivity index (χ0n) is 12.6. The van der Waals surface area contributed by atoms with Gasteiger partial charge in [0.15, 0.2) is 17.0 Å². The molecule has 0 saturated heterocycles. The Morgan fingerprint density at radius 3 is 2.83 bits per heavy atom. The highest BCUT2D eigenvalue weighted by Crippen LogP contribution is 2.05. The van der Waals surface area contributed by atoms with E-state index in [1.807, 2.05) is 0 Å². The number of hydrogen-bond donors (Lipinski definition) is 1. The average Bonchev–Trinajstić information content (AvgIpc) is 3.00. The second-order valence-electron chi connectivity index (χ2n) is 4.98. The van der Waals surface area contributed by atoms with Crippen molar-refractivity contribution in [2.24, 2.45) is 7.05 Å². The van der Waals surface area contributed by atoms with Crippen molar-refractivity contribution in [3.63, 3.8) is 0 Å². The SMILES string of the molecule is C#CCn1c(=O)c2[nH]c(C#Cc3cccc(F)c3)nc2n(C)c1=O. The summed E-state index contributed by atoms with van der Waals surface area (Å²) in [6.07, 6.45) is 5.19. The molecule has 6 nitrogen and oxygen atoms in total. The van der Waals surface area contributed by atoms with Gasteiger partial charge in [0.25, 0.3) is 5.56 Å². The minimum Gasteiger partial charge on any atom is -0.325 e. The highest BCUT2D eigenvalue weighted by molar-refractivity contribution is 5.70. The van der Waals surface area contributed by atoms with Crippen LogP contribution in [0.1, 0.15) is 11.4 Å². The third-order valence-electron chi connectivity index (χ3n) is 3.38. The standard InChI is InChI=1S/C17H11FN4O2/c1-3-9-22-16(23)14-15(21(2)17(22)24)20-13(19-14)8-7-11-5-4-6-12(18)10-11/h1,4-6,10H,9H2,2H3,(H,19,20). The lowest BCUT2D eigenvalue weighted by atomic mass is 10.2. The summed E-state index contributed by atoms with van der Waals surface area (Å²) in [5.41, 5.74) is -0.328. The van der Waals surface area contributed by atoms with Crippen molar-refractivity contribution in [1.29, 1.82) is 0 Å². The normalized spacial score (nSPS) is 10.2. The topological polar surface area (TPSA) is 72.7 Å². The van der Waals surface area contributed by atoms with E-state index in [9.17, 15) is 14.0 Å². The maximum Gasteiger partial charge on any atom is 0.333 e. The number of benzene rings is 1. The average molecular weight is 322 g/mol. The first-order valence-corrected chi connectivity index (χ1v) is 6.92. The predicted molar refractivity (Wildman–Crippen MR) is 86.8 cm³/mol. The van der Waals surface area contributed by atoms with Crippen LogP contribution in [0.5, 0.6) is 0 Å². The number of aryl methyl sites for hydroxylation is 1. The lowest BCUT2D eigenvalue weighted by Gasteiger charge is -2.03. The first-order chi connectivity index (χ1) is 11.5. The summed E-state index contributed by atoms with van der Waals surface area (Å²) in [6, 6.07) is 5.79. The van der Waals surface area contributed by atoms with E-state index in [0.29, 0.717) is 5.56 Å². The molecular formula is C17H11FN4O2. The number of hydrogen-bond acceptors (Lipinski definition) is 3. The molecular weight excluding hydrogens is 311 g/mol. The van der Waals surface area contributed by atoms with Gasteiger partial charge in [-0.3, -0.25) is 9.36 Å². The first kappa shape index (κ1) is 15.3. The Kier molecular flexibility index (Phi) is 3.77. The Labute approximate surface area is 135 Å². The highest BCUT2D eigenvalue weighted by Gasteiger charge is 2.14. The second kappa shape index (κ2) is 5.90. The summed E-state index contributed by atoms with van der Waals surface area (Å²) in [7, 11) is 1.49. The van der Waals surface area contributed by atoms with E-state index in [4.69, 9.17) is 6.42 Å². The minimum absolute atomic E-state index is 0.134. The van der Waals surface area contributed by atoms with Gasteiger partial charge in [0.2, 0.25) is 0 Å². The molecule has 118 valence electrons. The van der Waals surface area contributed by atoms with Crippen molar-refractivity contribution in [3.8, 4) is 24.2 Å². The van der Waals surface area contributed by atoms with Crippen LogP contribution in [-0.4, -0.2) is 19.1 Å². The quantitative estimate of drug-likeness (QED) is 0.667. The molecule has 1 aromatic carbocycles. The molecule has 0 unspecified atom stereocenters. The molecule has 0 fully saturated rings. The van der Waals surface area contributed by atoms with E-state index in [0.717, 1.165) is 4.57 Å². The van der Waals surface area contributed by atoms with Gasteiger partial charge in [0.05, 0.1) is 6.54 Å². The molecule has 3 rings (SSSR count). The number of terminal acetylenes is 1. The van der Waals surface area contributed by atoms with Crippen molar-refractivity contribution < 1.29 is 4.39 Å². The summed E-state index contributed by atoms with van der Waals surface area (Å²) in [4.78, 5) is 31.4. The molecule has 0 amide bonds. The van der Waals surface area contributed by atoms with Crippen molar-refractivity contribution >= 4 is 11.2 Å². The Bertz CT molecular complexity index is 1170. The lowest BCUT2D eigenvalue weighted by Crippen LogP contribution is -2.38. The van der Waals surface area contributed by atoms with Crippen molar-refractivity contribution in [2.75, 3.05) is 0 Å². The number of imidazole rings is 1. The monoisotopic (exact) mass is 322 g/mol. The summed E-state index contributed by atoms with van der Waals surface area (Å²) < 4.78 is 15.3. The molecule has 1 N–H and O–H groups in total. The van der Waals surface area contributed by atoms with Gasteiger partial charge in [-0.2, -0.15) is 0 Å². The van der Waals surface area contributed by atoms with Gasteiger partial charge in [-0.15, -0.1) is 6.42 Å². The van der Waals surface area contributed by atoms with Crippen LogP contribution >= 0.6 is 0 Å². The number of aromatic amines is 1. The minimum atomic E-state index is -0.558. The van der Waals surface area contributed by atoms with Crippen LogP contribution in [0.3, 0.4) is 0 Å². The Balaban J connectivity index is 2.15. The van der Waals surface area contributed by atoms with Gasteiger partial charge in [-0.25, -0.2) is 18.7 Å². The van der Waals surface area contributed by atoms with Crippen LogP contribution in [0.2, 0.25) is 0 Å². The van der Waals surface area contributed by atoms with Gasteiger partial charge in [-0.1, -0.05) is 17.9 Å². The summed E-state index contributed by atoms with van der Waals surface area (Å²) in [6.45, 7) is -0.134. The number of fused-ring (bicyclic) bond motifs is 1. The Hall–Kier alpha value is -3.58. The van der Waals surface area contributed by atoms with E-state index in [-0.39, 0.29) is 23.5 Å². The number of halogens is 1. The van der Waals surface area contributed by atoms with E-state index in [1.165, 1.54) is 23.7 Å². The number of aromatic nitrogens is 4. The number of nitrogens with one attached hydrogen (secondary N) is 1. The van der Waals surface area contributed by atoms with Crippen LogP contribution in [0.25, 0.3) is 11.2 Å². The third kappa shape index (κ3) is 2.59. The summed E-state index contributed by atoms with van der Waals surface area (Å²) in [5, 5.41) is 0. The van der Waals surface area contributed by atoms with Gasteiger partial charge in [-0.05, 0) is 24.1 Å². The largest absolute Gasteiger partial charge is 0.333 e. The molecule has 0 aliphatic rings. The molecule has 24 heavy (non-hydrogen) atoms. The first-order valence-electron chi connectivity index (χ1n) is 6.92. The van der Waals surface area contributed by atoms with Crippen LogP contribution in [-0.2, 0) is 13.6 Å². The molecule has 2 heterocycles. The maximum absolute atomic E-state index is 13.1. The molecule has 0 bridgehead atoms. The Morgan fingerprint density at radius 1 is 1.33 bits per heavy atom. The van der Waals surface area contributed by atoms with Gasteiger partial charge < -0.3 is 4.98 Å². The maximum atomic E-state index is 13.1. The lowest BCUT2D eigenvalue weighted by molar-refractivity contribution is 0.627. The smallest absolute Gasteiger partial charge is 0.325 e. The predicted octanol–water partition coefficient (Wildman–Crippen LogP) is 0.595. The molecule has 0 aliphatic heterocycles. The molecule has 0 atom stereocenters. The van der Waals surface area contributed by atoms with Gasteiger partial charge >= 0.3 is 5.69 Å². The number of nitrogens with zero attached hydrogens (tertiary/aromatic N) is 3. The van der Waals surface area contributed by atoms with Crippen LogP contribution in [0, 0.1) is 30.0 Å². The fraction of sp³-hybridized carbons (Fsp3) is 0.118. The summed E-state index contributed by atoms with van der Waals surface area (Å²) in [5.74, 6) is 7.52. The van der Waals surface area contributed by atoms with Crippen LogP contribution in [0.4, 0.5) is 4.39 Å². The third-order valence-corrected chi connectivity index (χ3v) is 3.38. The highest BCUT2D eigenvalue weighted by atomic mass is 19.1. The molecule has 3 aromatic rings.